The van der Waals surface area contributed by atoms with E-state index in [4.69, 9.17) is 5.26 Å². The molecule has 1 nitrogen and oxygen atoms in total. The summed E-state index contributed by atoms with van der Waals surface area (Å²) in [5.41, 5.74) is -0.417. The fourth-order valence-electron chi connectivity index (χ4n) is 1.40. The van der Waals surface area contributed by atoms with Gasteiger partial charge < -0.3 is 0 Å². The van der Waals surface area contributed by atoms with E-state index >= 15 is 0 Å². The first kappa shape index (κ1) is 12.1. The Morgan fingerprint density at radius 3 is 2.40 bits per heavy atom. The molecule has 15 heavy (non-hydrogen) atoms. The van der Waals surface area contributed by atoms with Crippen LogP contribution in [0.2, 0.25) is 0 Å². The van der Waals surface area contributed by atoms with E-state index in [2.05, 4.69) is 15.9 Å². The second-order valence-corrected chi connectivity index (χ2v) is 3.64. The molecule has 0 radical (unpaired) electrons. The second-order valence-electron chi connectivity index (χ2n) is 3.08. The molecule has 0 heterocycles. The van der Waals surface area contributed by atoms with Crippen molar-refractivity contribution in [2.45, 2.75) is 18.4 Å². The van der Waals surface area contributed by atoms with Crippen LogP contribution in [0.4, 0.5) is 13.2 Å². The van der Waals surface area contributed by atoms with Crippen LogP contribution < -0.4 is 0 Å². The van der Waals surface area contributed by atoms with Gasteiger partial charge in [0.25, 0.3) is 0 Å². The number of rotatable bonds is 1. The van der Waals surface area contributed by atoms with E-state index in [9.17, 15) is 13.2 Å². The van der Waals surface area contributed by atoms with Crippen LogP contribution in [0, 0.1) is 18.3 Å². The van der Waals surface area contributed by atoms with Crippen LogP contribution in [0.25, 0.3) is 0 Å². The third-order valence-corrected chi connectivity index (χ3v) is 2.60. The SMILES string of the molecule is Cc1cc(CBr)cc(C#N)c1C(F)(F)F. The Hall–Kier alpha value is -1.02. The van der Waals surface area contributed by atoms with Crippen molar-refractivity contribution in [1.82, 2.24) is 0 Å². The second kappa shape index (κ2) is 4.23. The minimum absolute atomic E-state index is 0.0796. The van der Waals surface area contributed by atoms with Crippen molar-refractivity contribution in [2.24, 2.45) is 0 Å². The molecule has 0 atom stereocenters. The number of nitriles is 1. The van der Waals surface area contributed by atoms with Crippen LogP contribution >= 0.6 is 15.9 Å². The molecule has 0 amide bonds. The smallest absolute Gasteiger partial charge is 0.192 e. The van der Waals surface area contributed by atoms with Gasteiger partial charge in [0.15, 0.2) is 0 Å². The summed E-state index contributed by atoms with van der Waals surface area (Å²) in [4.78, 5) is 0. The van der Waals surface area contributed by atoms with E-state index in [1.54, 1.807) is 6.07 Å². The molecule has 0 aliphatic heterocycles. The summed E-state index contributed by atoms with van der Waals surface area (Å²) in [6, 6.07) is 4.26. The van der Waals surface area contributed by atoms with Crippen LogP contribution in [0.15, 0.2) is 12.1 Å². The molecule has 0 unspecified atom stereocenters. The van der Waals surface area contributed by atoms with Crippen molar-refractivity contribution in [1.29, 1.82) is 5.26 Å². The lowest BCUT2D eigenvalue weighted by Crippen LogP contribution is -2.10. The van der Waals surface area contributed by atoms with E-state index in [1.807, 2.05) is 0 Å². The summed E-state index contributed by atoms with van der Waals surface area (Å²) in [6.45, 7) is 1.36. The number of aryl methyl sites for hydroxylation is 1. The molecule has 0 aromatic heterocycles. The van der Waals surface area contributed by atoms with Gasteiger partial charge in [0.05, 0.1) is 17.2 Å². The highest BCUT2D eigenvalue weighted by atomic mass is 79.9. The largest absolute Gasteiger partial charge is 0.417 e. The Morgan fingerprint density at radius 2 is 2.00 bits per heavy atom. The summed E-state index contributed by atoms with van der Waals surface area (Å²) >= 11 is 3.14. The number of nitrogens with zero attached hydrogens (tertiary/aromatic N) is 1. The Labute approximate surface area is 93.6 Å². The molecule has 0 saturated heterocycles. The predicted octanol–water partition coefficient (Wildman–Crippen LogP) is 3.78. The number of benzene rings is 1. The van der Waals surface area contributed by atoms with Gasteiger partial charge in [-0.2, -0.15) is 18.4 Å². The maximum atomic E-state index is 12.6. The van der Waals surface area contributed by atoms with Gasteiger partial charge in [-0.3, -0.25) is 0 Å². The zero-order chi connectivity index (χ0) is 11.6. The highest BCUT2D eigenvalue weighted by Crippen LogP contribution is 2.35. The lowest BCUT2D eigenvalue weighted by Gasteiger charge is -2.13. The standard InChI is InChI=1S/C10H7BrF3N/c1-6-2-7(4-11)3-8(5-15)9(6)10(12,13)14/h2-3H,4H2,1H3. The minimum Gasteiger partial charge on any atom is -0.192 e. The highest BCUT2D eigenvalue weighted by molar-refractivity contribution is 9.08. The molecule has 1 rings (SSSR count). The summed E-state index contributed by atoms with van der Waals surface area (Å²) in [5, 5.41) is 9.09. The van der Waals surface area contributed by atoms with Crippen molar-refractivity contribution in [3.63, 3.8) is 0 Å². The Morgan fingerprint density at radius 1 is 1.40 bits per heavy atom. The van der Waals surface area contributed by atoms with E-state index in [0.717, 1.165) is 0 Å². The maximum Gasteiger partial charge on any atom is 0.417 e. The third-order valence-electron chi connectivity index (χ3n) is 1.95. The van der Waals surface area contributed by atoms with Gasteiger partial charge in [-0.05, 0) is 24.1 Å². The molecule has 0 aliphatic carbocycles. The molecular formula is C10H7BrF3N. The number of hydrogen-bond donors (Lipinski definition) is 0. The van der Waals surface area contributed by atoms with E-state index in [1.165, 1.54) is 19.1 Å². The summed E-state index contributed by atoms with van der Waals surface area (Å²) in [6.07, 6.45) is -4.47. The Kier molecular flexibility index (Phi) is 3.40. The number of halogens is 4. The first-order valence-electron chi connectivity index (χ1n) is 4.07. The van der Waals surface area contributed by atoms with Crippen molar-refractivity contribution >= 4 is 15.9 Å². The molecule has 0 spiro atoms. The Balaban J connectivity index is 3.47. The average Bonchev–Trinajstić information content (AvgIpc) is 2.14. The maximum absolute atomic E-state index is 12.6. The van der Waals surface area contributed by atoms with Crippen LogP contribution in [0.5, 0.6) is 0 Å². The van der Waals surface area contributed by atoms with Gasteiger partial charge in [0.1, 0.15) is 0 Å². The lowest BCUT2D eigenvalue weighted by molar-refractivity contribution is -0.138. The van der Waals surface area contributed by atoms with Crippen molar-refractivity contribution < 1.29 is 13.2 Å². The van der Waals surface area contributed by atoms with E-state index < -0.39 is 11.7 Å². The number of alkyl halides is 4. The molecule has 0 N–H and O–H groups in total. The summed E-state index contributed by atoms with van der Waals surface area (Å²) in [7, 11) is 0. The van der Waals surface area contributed by atoms with Gasteiger partial charge in [0.2, 0.25) is 0 Å². The zero-order valence-electron chi connectivity index (χ0n) is 7.82. The van der Waals surface area contributed by atoms with E-state index in [-0.39, 0.29) is 11.1 Å². The zero-order valence-corrected chi connectivity index (χ0v) is 9.41. The molecule has 5 heteroatoms. The number of hydrogen-bond acceptors (Lipinski definition) is 1. The van der Waals surface area contributed by atoms with Gasteiger partial charge in [-0.1, -0.05) is 22.0 Å². The van der Waals surface area contributed by atoms with Crippen LogP contribution in [0.1, 0.15) is 22.3 Å². The average molecular weight is 278 g/mol. The quantitative estimate of drug-likeness (QED) is 0.717. The monoisotopic (exact) mass is 277 g/mol. The summed E-state index contributed by atoms with van der Waals surface area (Å²) in [5.74, 6) is 0. The Bertz CT molecular complexity index is 418. The minimum atomic E-state index is -4.47. The first-order valence-corrected chi connectivity index (χ1v) is 5.19. The molecule has 0 aliphatic rings. The van der Waals surface area contributed by atoms with Crippen LogP contribution in [0.3, 0.4) is 0 Å². The van der Waals surface area contributed by atoms with Crippen LogP contribution in [-0.4, -0.2) is 0 Å². The fourth-order valence-corrected chi connectivity index (χ4v) is 1.73. The molecule has 0 saturated carbocycles. The molecule has 1 aromatic rings. The van der Waals surface area contributed by atoms with Crippen molar-refractivity contribution in [3.8, 4) is 6.07 Å². The third kappa shape index (κ3) is 2.51. The van der Waals surface area contributed by atoms with Gasteiger partial charge in [-0.15, -0.1) is 0 Å². The van der Waals surface area contributed by atoms with Crippen molar-refractivity contribution in [2.75, 3.05) is 0 Å². The highest BCUT2D eigenvalue weighted by Gasteiger charge is 2.35. The molecule has 0 fully saturated rings. The van der Waals surface area contributed by atoms with E-state index in [0.29, 0.717) is 10.9 Å². The fraction of sp³-hybridized carbons (Fsp3) is 0.300. The van der Waals surface area contributed by atoms with Crippen LogP contribution in [-0.2, 0) is 11.5 Å². The molecule has 0 bridgehead atoms. The van der Waals surface area contributed by atoms with Gasteiger partial charge in [-0.25, -0.2) is 0 Å². The predicted molar refractivity (Wildman–Crippen MR) is 53.5 cm³/mol. The lowest BCUT2D eigenvalue weighted by atomic mass is 9.99. The van der Waals surface area contributed by atoms with Gasteiger partial charge >= 0.3 is 6.18 Å². The normalized spacial score (nSPS) is 11.2. The molecule has 1 aromatic carbocycles. The van der Waals surface area contributed by atoms with Gasteiger partial charge in [0, 0.05) is 5.33 Å². The van der Waals surface area contributed by atoms with Crippen molar-refractivity contribution in [3.05, 3.63) is 34.4 Å². The first-order chi connectivity index (χ1) is 6.90. The summed E-state index contributed by atoms with van der Waals surface area (Å²) < 4.78 is 37.7. The topological polar surface area (TPSA) is 23.8 Å². The molecule has 80 valence electrons. The molecular weight excluding hydrogens is 271 g/mol.